The summed E-state index contributed by atoms with van der Waals surface area (Å²) in [4.78, 5) is 4.03. The summed E-state index contributed by atoms with van der Waals surface area (Å²) in [7, 11) is -2.25. The number of aromatic hydroxyl groups is 1. The number of sulfonamides is 1. The molecule has 0 radical (unpaired) electrons. The van der Waals surface area contributed by atoms with Crippen molar-refractivity contribution in [3.05, 3.63) is 42.1 Å². The first-order chi connectivity index (χ1) is 12.4. The van der Waals surface area contributed by atoms with Crippen LogP contribution in [0.15, 0.2) is 41.6 Å². The van der Waals surface area contributed by atoms with Gasteiger partial charge in [0.25, 0.3) is 10.0 Å². The largest absolute Gasteiger partial charge is 0.504 e. The van der Waals surface area contributed by atoms with E-state index in [2.05, 4.69) is 19.9 Å². The minimum atomic E-state index is -3.74. The lowest BCUT2D eigenvalue weighted by atomic mass is 10.1. The number of benzene rings is 1. The highest BCUT2D eigenvalue weighted by Crippen LogP contribution is 2.27. The molecule has 1 atom stereocenters. The zero-order valence-corrected chi connectivity index (χ0v) is 15.2. The van der Waals surface area contributed by atoms with Crippen molar-refractivity contribution < 1.29 is 18.3 Å². The van der Waals surface area contributed by atoms with Gasteiger partial charge in [0.05, 0.1) is 12.5 Å². The molecule has 3 aromatic rings. The predicted octanol–water partition coefficient (Wildman–Crippen LogP) is 1.97. The van der Waals surface area contributed by atoms with E-state index in [1.807, 2.05) is 0 Å². The molecule has 0 bridgehead atoms. The van der Waals surface area contributed by atoms with E-state index in [9.17, 15) is 13.5 Å². The van der Waals surface area contributed by atoms with Crippen LogP contribution in [0.1, 0.15) is 18.9 Å². The first-order valence-corrected chi connectivity index (χ1v) is 9.56. The van der Waals surface area contributed by atoms with Crippen molar-refractivity contribution in [2.75, 3.05) is 7.11 Å². The molecule has 8 nitrogen and oxygen atoms in total. The normalized spacial score (nSPS) is 13.0. The van der Waals surface area contributed by atoms with Crippen LogP contribution < -0.4 is 9.46 Å². The smallest absolute Gasteiger partial charge is 0.258 e. The number of methoxy groups -OCH3 is 1. The number of aromatic nitrogens is 3. The van der Waals surface area contributed by atoms with Gasteiger partial charge in [-0.15, -0.1) is 0 Å². The molecule has 0 aliphatic rings. The maximum atomic E-state index is 12.6. The molecule has 0 saturated heterocycles. The standard InChI is InChI=1S/C17H20N4O4S/c1-11(5-6-12-7-8-14(22)15(10-12)25-2)21-26(23,24)17-13-4-3-9-18-16(13)19-20-17/h3-4,7-11,21-22H,5-6H2,1-2H3,(H,18,19,20)/t11-/m1/s1. The van der Waals surface area contributed by atoms with Crippen molar-refractivity contribution in [1.29, 1.82) is 0 Å². The Hall–Kier alpha value is -2.65. The molecule has 3 N–H and O–H groups in total. The Bertz CT molecular complexity index is 1020. The third-order valence-corrected chi connectivity index (χ3v) is 5.59. The third kappa shape index (κ3) is 3.78. The van der Waals surface area contributed by atoms with Crippen LogP contribution in [0.5, 0.6) is 11.5 Å². The number of nitrogens with zero attached hydrogens (tertiary/aromatic N) is 2. The van der Waals surface area contributed by atoms with Crippen molar-refractivity contribution >= 4 is 21.1 Å². The minimum absolute atomic E-state index is 0.0127. The number of nitrogens with one attached hydrogen (secondary N) is 2. The first-order valence-electron chi connectivity index (χ1n) is 8.08. The van der Waals surface area contributed by atoms with E-state index in [1.165, 1.54) is 7.11 Å². The molecule has 26 heavy (non-hydrogen) atoms. The monoisotopic (exact) mass is 376 g/mol. The van der Waals surface area contributed by atoms with Crippen LogP contribution >= 0.6 is 0 Å². The Balaban J connectivity index is 1.68. The summed E-state index contributed by atoms with van der Waals surface area (Å²) < 4.78 is 33.0. The van der Waals surface area contributed by atoms with Gasteiger partial charge in [-0.3, -0.25) is 5.10 Å². The second kappa shape index (κ2) is 7.30. The number of fused-ring (bicyclic) bond motifs is 1. The molecule has 0 aliphatic heterocycles. The van der Waals surface area contributed by atoms with Gasteiger partial charge < -0.3 is 9.84 Å². The van der Waals surface area contributed by atoms with Crippen molar-refractivity contribution in [1.82, 2.24) is 19.9 Å². The Kier molecular flexibility index (Phi) is 5.10. The van der Waals surface area contributed by atoms with E-state index < -0.39 is 10.0 Å². The molecule has 0 fully saturated rings. The second-order valence-corrected chi connectivity index (χ2v) is 7.65. The van der Waals surface area contributed by atoms with Crippen molar-refractivity contribution in [3.63, 3.8) is 0 Å². The topological polar surface area (TPSA) is 117 Å². The Labute approximate surface area is 151 Å². The van der Waals surface area contributed by atoms with Gasteiger partial charge in [0, 0.05) is 12.2 Å². The molecule has 2 heterocycles. The number of hydrogen-bond acceptors (Lipinski definition) is 6. The van der Waals surface area contributed by atoms with Gasteiger partial charge in [0.1, 0.15) is 0 Å². The van der Waals surface area contributed by atoms with Crippen LogP contribution in [0, 0.1) is 0 Å². The zero-order valence-electron chi connectivity index (χ0n) is 14.4. The van der Waals surface area contributed by atoms with E-state index >= 15 is 0 Å². The summed E-state index contributed by atoms with van der Waals surface area (Å²) >= 11 is 0. The van der Waals surface area contributed by atoms with Gasteiger partial charge in [0.15, 0.2) is 22.2 Å². The molecule has 138 valence electrons. The fraction of sp³-hybridized carbons (Fsp3) is 0.294. The van der Waals surface area contributed by atoms with Gasteiger partial charge in [-0.1, -0.05) is 6.07 Å². The van der Waals surface area contributed by atoms with Crippen molar-refractivity contribution in [2.45, 2.75) is 30.8 Å². The molecule has 0 amide bonds. The van der Waals surface area contributed by atoms with Crippen LogP contribution in [0.2, 0.25) is 0 Å². The van der Waals surface area contributed by atoms with E-state index in [-0.39, 0.29) is 16.8 Å². The van der Waals surface area contributed by atoms with Gasteiger partial charge >= 0.3 is 0 Å². The number of aromatic amines is 1. The summed E-state index contributed by atoms with van der Waals surface area (Å²) in [5.74, 6) is 0.469. The highest BCUT2D eigenvalue weighted by atomic mass is 32.2. The lowest BCUT2D eigenvalue weighted by Gasteiger charge is -2.14. The minimum Gasteiger partial charge on any atom is -0.504 e. The zero-order chi connectivity index (χ0) is 18.7. The molecule has 1 aromatic carbocycles. The molecule has 0 unspecified atom stereocenters. The third-order valence-electron chi connectivity index (χ3n) is 4.03. The number of pyridine rings is 1. The van der Waals surface area contributed by atoms with Gasteiger partial charge in [-0.2, -0.15) is 5.10 Å². The summed E-state index contributed by atoms with van der Waals surface area (Å²) in [5.41, 5.74) is 1.30. The average molecular weight is 376 g/mol. The predicted molar refractivity (Wildman–Crippen MR) is 96.7 cm³/mol. The van der Waals surface area contributed by atoms with E-state index in [0.29, 0.717) is 29.6 Å². The van der Waals surface area contributed by atoms with Gasteiger partial charge in [-0.05, 0) is 49.6 Å². The molecule has 3 rings (SSSR count). The van der Waals surface area contributed by atoms with Gasteiger partial charge in [-0.25, -0.2) is 18.1 Å². The summed E-state index contributed by atoms with van der Waals surface area (Å²) in [5, 5.41) is 16.6. The van der Waals surface area contributed by atoms with Crippen molar-refractivity contribution in [3.8, 4) is 11.5 Å². The van der Waals surface area contributed by atoms with E-state index in [1.54, 1.807) is 43.5 Å². The average Bonchev–Trinajstić information content (AvgIpc) is 3.05. The molecule has 9 heteroatoms. The van der Waals surface area contributed by atoms with Crippen LogP contribution in [0.3, 0.4) is 0 Å². The molecular formula is C17H20N4O4S. The Morgan fingerprint density at radius 2 is 2.15 bits per heavy atom. The van der Waals surface area contributed by atoms with Crippen LogP contribution in [0.25, 0.3) is 11.0 Å². The molecule has 0 aliphatic carbocycles. The quantitative estimate of drug-likeness (QED) is 0.580. The van der Waals surface area contributed by atoms with E-state index in [4.69, 9.17) is 4.74 Å². The van der Waals surface area contributed by atoms with Crippen LogP contribution in [0.4, 0.5) is 0 Å². The first kappa shape index (κ1) is 18.2. The number of phenolic OH excluding ortho intramolecular Hbond substituents is 1. The number of ether oxygens (including phenoxy) is 1. The Morgan fingerprint density at radius 3 is 2.92 bits per heavy atom. The fourth-order valence-electron chi connectivity index (χ4n) is 2.68. The number of hydrogen-bond donors (Lipinski definition) is 3. The van der Waals surface area contributed by atoms with Gasteiger partial charge in [0.2, 0.25) is 0 Å². The summed E-state index contributed by atoms with van der Waals surface area (Å²) in [6.07, 6.45) is 2.77. The van der Waals surface area contributed by atoms with Crippen molar-refractivity contribution in [2.24, 2.45) is 0 Å². The fourth-order valence-corrected chi connectivity index (χ4v) is 4.06. The number of phenols is 1. The summed E-state index contributed by atoms with van der Waals surface area (Å²) in [6, 6.07) is 8.12. The lowest BCUT2D eigenvalue weighted by molar-refractivity contribution is 0.373. The number of rotatable bonds is 7. The van der Waals surface area contributed by atoms with Crippen LogP contribution in [-0.4, -0.2) is 41.9 Å². The molecular weight excluding hydrogens is 356 g/mol. The SMILES string of the molecule is COc1cc(CC[C@@H](C)NS(=O)(=O)c2[nH]nc3ncccc23)ccc1O. The second-order valence-electron chi connectivity index (χ2n) is 5.99. The highest BCUT2D eigenvalue weighted by molar-refractivity contribution is 7.89. The highest BCUT2D eigenvalue weighted by Gasteiger charge is 2.22. The molecule has 0 saturated carbocycles. The molecule has 0 spiro atoms. The maximum absolute atomic E-state index is 12.6. The van der Waals surface area contributed by atoms with E-state index in [0.717, 1.165) is 5.56 Å². The Morgan fingerprint density at radius 1 is 1.35 bits per heavy atom. The summed E-state index contributed by atoms with van der Waals surface area (Å²) in [6.45, 7) is 1.80. The number of H-pyrrole nitrogens is 1. The maximum Gasteiger partial charge on any atom is 0.258 e. The molecule has 2 aromatic heterocycles. The number of aryl methyl sites for hydroxylation is 1. The van der Waals surface area contributed by atoms with Crippen LogP contribution in [-0.2, 0) is 16.4 Å². The lowest BCUT2D eigenvalue weighted by Crippen LogP contribution is -2.33.